The Labute approximate surface area is 115 Å². The maximum atomic E-state index is 12.3. The highest BCUT2D eigenvalue weighted by molar-refractivity contribution is 7.91. The Bertz CT molecular complexity index is 507. The molecular formula is C10H15ClN2O3S2. The lowest BCUT2D eigenvalue weighted by Gasteiger charge is -2.31. The van der Waals surface area contributed by atoms with Crippen LogP contribution < -0.4 is 0 Å². The number of rotatable bonds is 3. The molecule has 1 aliphatic rings. The van der Waals surface area contributed by atoms with Gasteiger partial charge in [-0.2, -0.15) is 4.31 Å². The van der Waals surface area contributed by atoms with Gasteiger partial charge in [0.1, 0.15) is 0 Å². The number of aliphatic hydroxyl groups excluding tert-OH is 1. The van der Waals surface area contributed by atoms with Crippen molar-refractivity contribution in [1.82, 2.24) is 9.29 Å². The molecule has 5 nitrogen and oxygen atoms in total. The van der Waals surface area contributed by atoms with Crippen molar-refractivity contribution in [3.63, 3.8) is 0 Å². The summed E-state index contributed by atoms with van der Waals surface area (Å²) in [6.07, 6.45) is 2.28. The van der Waals surface area contributed by atoms with Crippen LogP contribution in [-0.4, -0.2) is 42.0 Å². The number of aromatic nitrogens is 1. The summed E-state index contributed by atoms with van der Waals surface area (Å²) in [4.78, 5) is 3.76. The maximum Gasteiger partial charge on any atom is 0.254 e. The van der Waals surface area contributed by atoms with Crippen LogP contribution in [0.15, 0.2) is 10.4 Å². The first kappa shape index (κ1) is 14.2. The molecular weight excluding hydrogens is 296 g/mol. The van der Waals surface area contributed by atoms with E-state index in [1.165, 1.54) is 10.5 Å². The minimum Gasteiger partial charge on any atom is -0.393 e. The normalized spacial score (nSPS) is 21.1. The second kappa shape index (κ2) is 5.42. The molecule has 2 rings (SSSR count). The van der Waals surface area contributed by atoms with Crippen molar-refractivity contribution >= 4 is 33.0 Å². The minimum absolute atomic E-state index is 0.182. The van der Waals surface area contributed by atoms with Gasteiger partial charge in [0.15, 0.2) is 8.68 Å². The van der Waals surface area contributed by atoms with Crippen LogP contribution in [0.3, 0.4) is 0 Å². The number of halogens is 1. The van der Waals surface area contributed by atoms with Crippen molar-refractivity contribution in [2.75, 3.05) is 13.1 Å². The highest BCUT2D eigenvalue weighted by Gasteiger charge is 2.32. The highest BCUT2D eigenvalue weighted by Crippen LogP contribution is 2.29. The van der Waals surface area contributed by atoms with Gasteiger partial charge in [0, 0.05) is 13.1 Å². The predicted molar refractivity (Wildman–Crippen MR) is 70.3 cm³/mol. The summed E-state index contributed by atoms with van der Waals surface area (Å²) in [5.74, 6) is 0.182. The topological polar surface area (TPSA) is 70.5 Å². The van der Waals surface area contributed by atoms with Crippen LogP contribution in [0, 0.1) is 5.92 Å². The van der Waals surface area contributed by atoms with Gasteiger partial charge in [0.2, 0.25) is 0 Å². The highest BCUT2D eigenvalue weighted by atomic mass is 35.5. The summed E-state index contributed by atoms with van der Waals surface area (Å²) in [5.41, 5.74) is 0. The molecule has 18 heavy (non-hydrogen) atoms. The molecule has 0 saturated carbocycles. The Morgan fingerprint density at radius 1 is 1.56 bits per heavy atom. The third-order valence-electron chi connectivity index (χ3n) is 3.23. The zero-order valence-electron chi connectivity index (χ0n) is 9.91. The summed E-state index contributed by atoms with van der Waals surface area (Å²) >= 11 is 6.63. The molecule has 0 aromatic carbocycles. The fourth-order valence-electron chi connectivity index (χ4n) is 2.08. The molecule has 1 aromatic rings. The van der Waals surface area contributed by atoms with Crippen molar-refractivity contribution in [2.24, 2.45) is 5.92 Å². The largest absolute Gasteiger partial charge is 0.393 e. The average molecular weight is 311 g/mol. The van der Waals surface area contributed by atoms with Crippen molar-refractivity contribution in [3.8, 4) is 0 Å². The zero-order chi connectivity index (χ0) is 13.3. The second-order valence-electron chi connectivity index (χ2n) is 4.41. The first-order valence-corrected chi connectivity index (χ1v) is 8.34. The monoisotopic (exact) mass is 310 g/mol. The molecule has 1 unspecified atom stereocenters. The average Bonchev–Trinajstić information content (AvgIpc) is 2.76. The standard InChI is InChI=1S/C10H15ClN2O3S2/c1-7(14)8-2-4-13(5-3-8)18(15,16)9-6-12-10(11)17-9/h6-8,14H,2-5H2,1H3. The number of nitrogens with zero attached hydrogens (tertiary/aromatic N) is 2. The Balaban J connectivity index is 2.09. The number of hydrogen-bond acceptors (Lipinski definition) is 5. The molecule has 0 amide bonds. The zero-order valence-corrected chi connectivity index (χ0v) is 12.3. The third-order valence-corrected chi connectivity index (χ3v) is 6.68. The van der Waals surface area contributed by atoms with E-state index in [0.29, 0.717) is 25.9 Å². The van der Waals surface area contributed by atoms with E-state index in [-0.39, 0.29) is 20.7 Å². The first-order valence-electron chi connectivity index (χ1n) is 5.71. The molecule has 0 spiro atoms. The molecule has 8 heteroatoms. The summed E-state index contributed by atoms with van der Waals surface area (Å²) in [7, 11) is -3.47. The van der Waals surface area contributed by atoms with Crippen molar-refractivity contribution < 1.29 is 13.5 Å². The van der Waals surface area contributed by atoms with Gasteiger partial charge in [-0.15, -0.1) is 0 Å². The molecule has 1 saturated heterocycles. The third kappa shape index (κ3) is 2.85. The molecule has 0 bridgehead atoms. The van der Waals surface area contributed by atoms with Crippen LogP contribution in [0.1, 0.15) is 19.8 Å². The lowest BCUT2D eigenvalue weighted by atomic mass is 9.93. The Morgan fingerprint density at radius 3 is 2.61 bits per heavy atom. The van der Waals surface area contributed by atoms with Crippen molar-refractivity contribution in [1.29, 1.82) is 0 Å². The molecule has 1 atom stereocenters. The van der Waals surface area contributed by atoms with E-state index in [2.05, 4.69) is 4.98 Å². The molecule has 2 heterocycles. The Morgan fingerprint density at radius 2 is 2.17 bits per heavy atom. The van der Waals surface area contributed by atoms with Gasteiger partial charge in [-0.25, -0.2) is 13.4 Å². The number of piperidine rings is 1. The number of thiazole rings is 1. The maximum absolute atomic E-state index is 12.3. The van der Waals surface area contributed by atoms with E-state index in [0.717, 1.165) is 11.3 Å². The number of hydrogen-bond donors (Lipinski definition) is 1. The molecule has 1 aromatic heterocycles. The van der Waals surface area contributed by atoms with E-state index in [4.69, 9.17) is 11.6 Å². The van der Waals surface area contributed by atoms with Gasteiger partial charge >= 0.3 is 0 Å². The molecule has 1 N–H and O–H groups in total. The SMILES string of the molecule is CC(O)C1CCN(S(=O)(=O)c2cnc(Cl)s2)CC1. The van der Waals surface area contributed by atoms with E-state index >= 15 is 0 Å². The molecule has 0 radical (unpaired) electrons. The molecule has 0 aliphatic carbocycles. The van der Waals surface area contributed by atoms with Crippen LogP contribution in [0.5, 0.6) is 0 Å². The van der Waals surface area contributed by atoms with Crippen molar-refractivity contribution in [3.05, 3.63) is 10.7 Å². The number of sulfonamides is 1. The van der Waals surface area contributed by atoms with Crippen LogP contribution in [-0.2, 0) is 10.0 Å². The van der Waals surface area contributed by atoms with E-state index in [1.807, 2.05) is 0 Å². The van der Waals surface area contributed by atoms with Crippen LogP contribution in [0.4, 0.5) is 0 Å². The van der Waals surface area contributed by atoms with Gasteiger partial charge in [0.25, 0.3) is 10.0 Å². The fraction of sp³-hybridized carbons (Fsp3) is 0.700. The van der Waals surface area contributed by atoms with Crippen LogP contribution in [0.2, 0.25) is 4.47 Å². The molecule has 1 aliphatic heterocycles. The van der Waals surface area contributed by atoms with Crippen LogP contribution >= 0.6 is 22.9 Å². The van der Waals surface area contributed by atoms with Gasteiger partial charge < -0.3 is 5.11 Å². The van der Waals surface area contributed by atoms with Gasteiger partial charge in [0.05, 0.1) is 12.3 Å². The Hall–Kier alpha value is -0.210. The van der Waals surface area contributed by atoms with Crippen molar-refractivity contribution in [2.45, 2.75) is 30.1 Å². The lowest BCUT2D eigenvalue weighted by Crippen LogP contribution is -2.40. The quantitative estimate of drug-likeness (QED) is 0.920. The van der Waals surface area contributed by atoms with Crippen LogP contribution in [0.25, 0.3) is 0 Å². The Kier molecular flexibility index (Phi) is 4.28. The predicted octanol–water partition coefficient (Wildman–Crippen LogP) is 1.58. The van der Waals surface area contributed by atoms with E-state index in [9.17, 15) is 13.5 Å². The summed E-state index contributed by atoms with van der Waals surface area (Å²) in [6.45, 7) is 2.62. The summed E-state index contributed by atoms with van der Waals surface area (Å²) in [6, 6.07) is 0. The van der Waals surface area contributed by atoms with E-state index in [1.54, 1.807) is 6.92 Å². The smallest absolute Gasteiger partial charge is 0.254 e. The summed E-state index contributed by atoms with van der Waals surface area (Å²) in [5, 5.41) is 9.49. The second-order valence-corrected chi connectivity index (χ2v) is 8.19. The van der Waals surface area contributed by atoms with Gasteiger partial charge in [-0.05, 0) is 25.7 Å². The molecule has 1 fully saturated rings. The fourth-order valence-corrected chi connectivity index (χ4v) is 5.00. The lowest BCUT2D eigenvalue weighted by molar-refractivity contribution is 0.0912. The minimum atomic E-state index is -3.47. The number of aliphatic hydroxyl groups is 1. The van der Waals surface area contributed by atoms with Gasteiger partial charge in [-0.3, -0.25) is 0 Å². The molecule has 102 valence electrons. The summed E-state index contributed by atoms with van der Waals surface area (Å²) < 4.78 is 26.4. The van der Waals surface area contributed by atoms with E-state index < -0.39 is 10.0 Å². The first-order chi connectivity index (χ1) is 8.41. The van der Waals surface area contributed by atoms with Gasteiger partial charge in [-0.1, -0.05) is 22.9 Å².